The van der Waals surface area contributed by atoms with Crippen LogP contribution >= 0.6 is 0 Å². The number of hydrogen-bond donors (Lipinski definition) is 1. The van der Waals surface area contributed by atoms with Gasteiger partial charge in [0.1, 0.15) is 5.75 Å². The highest BCUT2D eigenvalue weighted by molar-refractivity contribution is 5.95. The fraction of sp³-hybridized carbons (Fsp3) is 0.167. The summed E-state index contributed by atoms with van der Waals surface area (Å²) in [6, 6.07) is 14.8. The summed E-state index contributed by atoms with van der Waals surface area (Å²) in [7, 11) is 1.59. The smallest absolute Gasteiger partial charge is 0.251 e. The number of hydrogen-bond acceptors (Lipinski definition) is 5. The maximum Gasteiger partial charge on any atom is 0.251 e. The highest BCUT2D eigenvalue weighted by Gasteiger charge is 2.14. The summed E-state index contributed by atoms with van der Waals surface area (Å²) in [6.45, 7) is 2.05. The van der Waals surface area contributed by atoms with Gasteiger partial charge >= 0.3 is 0 Å². The largest absolute Gasteiger partial charge is 0.496 e. The van der Waals surface area contributed by atoms with Crippen LogP contribution in [-0.4, -0.2) is 23.2 Å². The molecule has 1 amide bonds. The summed E-state index contributed by atoms with van der Waals surface area (Å²) >= 11 is 0. The SMILES string of the molecule is COc1ccccc1-c1noc(CNC(=O)c2ccccc2C)n1. The van der Waals surface area contributed by atoms with Crippen molar-refractivity contribution in [2.45, 2.75) is 13.5 Å². The molecule has 122 valence electrons. The number of aromatic nitrogens is 2. The fourth-order valence-corrected chi connectivity index (χ4v) is 2.34. The molecule has 0 bridgehead atoms. The van der Waals surface area contributed by atoms with Crippen LogP contribution in [0.2, 0.25) is 0 Å². The first-order chi connectivity index (χ1) is 11.7. The Morgan fingerprint density at radius 1 is 1.17 bits per heavy atom. The average molecular weight is 323 g/mol. The van der Waals surface area contributed by atoms with E-state index in [0.29, 0.717) is 23.0 Å². The van der Waals surface area contributed by atoms with Gasteiger partial charge in [0.05, 0.1) is 19.2 Å². The lowest BCUT2D eigenvalue weighted by Gasteiger charge is -2.05. The Bertz CT molecular complexity index is 858. The Labute approximate surface area is 139 Å². The zero-order valence-electron chi connectivity index (χ0n) is 13.4. The predicted octanol–water partition coefficient (Wildman–Crippen LogP) is 2.98. The Kier molecular flexibility index (Phi) is 4.56. The van der Waals surface area contributed by atoms with E-state index in [0.717, 1.165) is 11.1 Å². The van der Waals surface area contributed by atoms with E-state index in [2.05, 4.69) is 15.5 Å². The predicted molar refractivity (Wildman–Crippen MR) is 88.6 cm³/mol. The van der Waals surface area contributed by atoms with Crippen LogP contribution in [0.4, 0.5) is 0 Å². The van der Waals surface area contributed by atoms with Crippen LogP contribution in [0, 0.1) is 6.92 Å². The van der Waals surface area contributed by atoms with E-state index in [4.69, 9.17) is 9.26 Å². The number of carbonyl (C=O) groups excluding carboxylic acids is 1. The van der Waals surface area contributed by atoms with E-state index in [9.17, 15) is 4.79 Å². The summed E-state index contributed by atoms with van der Waals surface area (Å²) < 4.78 is 10.5. The molecule has 0 atom stereocenters. The van der Waals surface area contributed by atoms with Gasteiger partial charge in [-0.25, -0.2) is 0 Å². The molecule has 6 heteroatoms. The molecule has 0 fully saturated rings. The number of methoxy groups -OCH3 is 1. The van der Waals surface area contributed by atoms with Crippen molar-refractivity contribution in [3.8, 4) is 17.1 Å². The highest BCUT2D eigenvalue weighted by atomic mass is 16.5. The third kappa shape index (κ3) is 3.27. The third-order valence-electron chi connectivity index (χ3n) is 3.61. The van der Waals surface area contributed by atoms with Crippen LogP contribution < -0.4 is 10.1 Å². The van der Waals surface area contributed by atoms with Gasteiger partial charge < -0.3 is 14.6 Å². The monoisotopic (exact) mass is 323 g/mol. The van der Waals surface area contributed by atoms with Crippen molar-refractivity contribution in [1.82, 2.24) is 15.5 Å². The van der Waals surface area contributed by atoms with Crippen LogP contribution in [0.1, 0.15) is 21.8 Å². The second-order valence-electron chi connectivity index (χ2n) is 5.21. The van der Waals surface area contributed by atoms with E-state index in [1.165, 1.54) is 0 Å². The maximum atomic E-state index is 12.2. The summed E-state index contributed by atoms with van der Waals surface area (Å²) in [5.74, 6) is 1.24. The van der Waals surface area contributed by atoms with Crippen molar-refractivity contribution < 1.29 is 14.1 Å². The van der Waals surface area contributed by atoms with Gasteiger partial charge in [-0.05, 0) is 30.7 Å². The van der Waals surface area contributed by atoms with Crippen LogP contribution in [0.5, 0.6) is 5.75 Å². The number of para-hydroxylation sites is 1. The molecule has 0 unspecified atom stereocenters. The normalized spacial score (nSPS) is 10.4. The molecule has 1 aromatic heterocycles. The Hall–Kier alpha value is -3.15. The molecule has 3 aromatic rings. The second-order valence-corrected chi connectivity index (χ2v) is 5.21. The van der Waals surface area contributed by atoms with Crippen LogP contribution in [-0.2, 0) is 6.54 Å². The number of nitrogens with one attached hydrogen (secondary N) is 1. The minimum absolute atomic E-state index is 0.162. The molecule has 1 heterocycles. The first kappa shape index (κ1) is 15.7. The zero-order chi connectivity index (χ0) is 16.9. The molecule has 0 spiro atoms. The second kappa shape index (κ2) is 6.95. The standard InChI is InChI=1S/C18H17N3O3/c1-12-7-3-4-8-13(12)18(22)19-11-16-20-17(21-24-16)14-9-5-6-10-15(14)23-2/h3-10H,11H2,1-2H3,(H,19,22). The van der Waals surface area contributed by atoms with Gasteiger partial charge in [-0.1, -0.05) is 35.5 Å². The van der Waals surface area contributed by atoms with E-state index in [1.54, 1.807) is 13.2 Å². The number of ether oxygens (including phenoxy) is 1. The van der Waals surface area contributed by atoms with E-state index in [1.807, 2.05) is 49.4 Å². The molecule has 0 saturated heterocycles. The number of benzene rings is 2. The quantitative estimate of drug-likeness (QED) is 0.781. The molecule has 3 rings (SSSR count). The van der Waals surface area contributed by atoms with Crippen LogP contribution in [0.25, 0.3) is 11.4 Å². The highest BCUT2D eigenvalue weighted by Crippen LogP contribution is 2.26. The Morgan fingerprint density at radius 3 is 2.71 bits per heavy atom. The molecule has 0 aliphatic heterocycles. The molecule has 6 nitrogen and oxygen atoms in total. The van der Waals surface area contributed by atoms with Gasteiger partial charge in [-0.2, -0.15) is 4.98 Å². The van der Waals surface area contributed by atoms with Gasteiger partial charge in [0.25, 0.3) is 5.91 Å². The first-order valence-electron chi connectivity index (χ1n) is 7.49. The Morgan fingerprint density at radius 2 is 1.92 bits per heavy atom. The molecule has 0 aliphatic carbocycles. The molecule has 1 N–H and O–H groups in total. The molecular weight excluding hydrogens is 306 g/mol. The minimum Gasteiger partial charge on any atom is -0.496 e. The van der Waals surface area contributed by atoms with Gasteiger partial charge in [0.2, 0.25) is 11.7 Å². The van der Waals surface area contributed by atoms with Crippen LogP contribution in [0.15, 0.2) is 53.1 Å². The lowest BCUT2D eigenvalue weighted by Crippen LogP contribution is -2.23. The number of rotatable bonds is 5. The van der Waals surface area contributed by atoms with Crippen molar-refractivity contribution in [2.24, 2.45) is 0 Å². The lowest BCUT2D eigenvalue weighted by molar-refractivity contribution is 0.0945. The van der Waals surface area contributed by atoms with Crippen molar-refractivity contribution in [3.05, 3.63) is 65.5 Å². The van der Waals surface area contributed by atoms with Gasteiger partial charge in [0, 0.05) is 5.56 Å². The average Bonchev–Trinajstić information content (AvgIpc) is 3.09. The summed E-state index contributed by atoms with van der Waals surface area (Å²) in [4.78, 5) is 16.5. The van der Waals surface area contributed by atoms with Gasteiger partial charge in [-0.15, -0.1) is 0 Å². The molecule has 0 saturated carbocycles. The Balaban J connectivity index is 1.71. The van der Waals surface area contributed by atoms with Gasteiger partial charge in [-0.3, -0.25) is 4.79 Å². The van der Waals surface area contributed by atoms with E-state index < -0.39 is 0 Å². The molecular formula is C18H17N3O3. The number of nitrogens with zero attached hydrogens (tertiary/aromatic N) is 2. The molecule has 2 aromatic carbocycles. The van der Waals surface area contributed by atoms with Gasteiger partial charge in [0.15, 0.2) is 0 Å². The maximum absolute atomic E-state index is 12.2. The van der Waals surface area contributed by atoms with Crippen molar-refractivity contribution >= 4 is 5.91 Å². The van der Waals surface area contributed by atoms with Crippen LogP contribution in [0.3, 0.4) is 0 Å². The number of carbonyl (C=O) groups is 1. The third-order valence-corrected chi connectivity index (χ3v) is 3.61. The molecule has 0 aliphatic rings. The zero-order valence-corrected chi connectivity index (χ0v) is 13.4. The van der Waals surface area contributed by atoms with Crippen molar-refractivity contribution in [1.29, 1.82) is 0 Å². The summed E-state index contributed by atoms with van der Waals surface area (Å²) in [5.41, 5.74) is 2.28. The molecule has 0 radical (unpaired) electrons. The van der Waals surface area contributed by atoms with E-state index >= 15 is 0 Å². The van der Waals surface area contributed by atoms with Crippen molar-refractivity contribution in [2.75, 3.05) is 7.11 Å². The number of aryl methyl sites for hydroxylation is 1. The summed E-state index contributed by atoms with van der Waals surface area (Å²) in [6.07, 6.45) is 0. The minimum atomic E-state index is -0.176. The fourth-order valence-electron chi connectivity index (χ4n) is 2.34. The van der Waals surface area contributed by atoms with Crippen molar-refractivity contribution in [3.63, 3.8) is 0 Å². The summed E-state index contributed by atoms with van der Waals surface area (Å²) in [5, 5.41) is 6.73. The lowest BCUT2D eigenvalue weighted by atomic mass is 10.1. The first-order valence-corrected chi connectivity index (χ1v) is 7.49. The topological polar surface area (TPSA) is 77.3 Å². The van der Waals surface area contributed by atoms with E-state index in [-0.39, 0.29) is 12.5 Å². The number of amides is 1. The molecule has 24 heavy (non-hydrogen) atoms.